The SMILES string of the molecule is Cc1nc(CSCC(=O)Nc2ccc(CN3CCC[C@@H](C)C3)cc2)cs1. The Morgan fingerprint density at radius 3 is 2.88 bits per heavy atom. The molecule has 1 aromatic heterocycles. The van der Waals surface area contributed by atoms with Gasteiger partial charge in [-0.1, -0.05) is 19.1 Å². The maximum atomic E-state index is 12.1. The van der Waals surface area contributed by atoms with Crippen molar-refractivity contribution in [2.45, 2.75) is 39.0 Å². The van der Waals surface area contributed by atoms with Gasteiger partial charge >= 0.3 is 0 Å². The van der Waals surface area contributed by atoms with Crippen LogP contribution in [0.15, 0.2) is 29.6 Å². The molecule has 26 heavy (non-hydrogen) atoms. The Hall–Kier alpha value is -1.37. The van der Waals surface area contributed by atoms with E-state index in [9.17, 15) is 4.79 Å². The van der Waals surface area contributed by atoms with E-state index >= 15 is 0 Å². The molecule has 2 aromatic rings. The first kappa shape index (κ1) is 19.4. The van der Waals surface area contributed by atoms with Crippen molar-refractivity contribution in [3.8, 4) is 0 Å². The number of hydrogen-bond donors (Lipinski definition) is 1. The van der Waals surface area contributed by atoms with Gasteiger partial charge in [-0.25, -0.2) is 4.98 Å². The fourth-order valence-electron chi connectivity index (χ4n) is 3.30. The lowest BCUT2D eigenvalue weighted by molar-refractivity contribution is -0.113. The van der Waals surface area contributed by atoms with Crippen molar-refractivity contribution in [1.29, 1.82) is 0 Å². The highest BCUT2D eigenvalue weighted by Gasteiger charge is 2.16. The van der Waals surface area contributed by atoms with Crippen LogP contribution in [0, 0.1) is 12.8 Å². The van der Waals surface area contributed by atoms with Gasteiger partial charge in [-0.05, 0) is 49.9 Å². The number of piperidine rings is 1. The predicted molar refractivity (Wildman–Crippen MR) is 112 cm³/mol. The van der Waals surface area contributed by atoms with E-state index < -0.39 is 0 Å². The Morgan fingerprint density at radius 2 is 2.19 bits per heavy atom. The van der Waals surface area contributed by atoms with E-state index in [1.807, 2.05) is 19.1 Å². The number of anilines is 1. The smallest absolute Gasteiger partial charge is 0.234 e. The van der Waals surface area contributed by atoms with Gasteiger partial charge in [0.05, 0.1) is 16.5 Å². The summed E-state index contributed by atoms with van der Waals surface area (Å²) in [4.78, 5) is 19.0. The van der Waals surface area contributed by atoms with E-state index in [0.29, 0.717) is 5.75 Å². The van der Waals surface area contributed by atoms with Crippen LogP contribution >= 0.6 is 23.1 Å². The molecule has 1 aliphatic heterocycles. The monoisotopic (exact) mass is 389 g/mol. The number of amides is 1. The van der Waals surface area contributed by atoms with Gasteiger partial charge in [0.15, 0.2) is 0 Å². The minimum absolute atomic E-state index is 0.0413. The summed E-state index contributed by atoms with van der Waals surface area (Å²) < 4.78 is 0. The standard InChI is InChI=1S/C20H27N3OS2/c1-15-4-3-9-23(10-15)11-17-5-7-18(8-6-17)22-20(24)14-25-12-19-13-26-16(2)21-19/h5-8,13,15H,3-4,9-12,14H2,1-2H3,(H,22,24)/t15-/m1/s1. The highest BCUT2D eigenvalue weighted by molar-refractivity contribution is 7.99. The Kier molecular flexibility index (Phi) is 7.11. The number of rotatable bonds is 7. The molecular formula is C20H27N3OS2. The van der Waals surface area contributed by atoms with Crippen LogP contribution in [0.2, 0.25) is 0 Å². The first-order chi connectivity index (χ1) is 12.6. The lowest BCUT2D eigenvalue weighted by atomic mass is 10.00. The average Bonchev–Trinajstić information content (AvgIpc) is 3.02. The highest BCUT2D eigenvalue weighted by atomic mass is 32.2. The van der Waals surface area contributed by atoms with Crippen molar-refractivity contribution in [1.82, 2.24) is 9.88 Å². The molecule has 0 saturated carbocycles. The molecule has 1 aliphatic rings. The van der Waals surface area contributed by atoms with E-state index in [2.05, 4.69) is 39.6 Å². The zero-order valence-corrected chi connectivity index (χ0v) is 17.2. The summed E-state index contributed by atoms with van der Waals surface area (Å²) in [6.07, 6.45) is 2.65. The van der Waals surface area contributed by atoms with E-state index in [1.165, 1.54) is 31.5 Å². The van der Waals surface area contributed by atoms with Crippen LogP contribution in [0.1, 0.15) is 36.0 Å². The fraction of sp³-hybridized carbons (Fsp3) is 0.500. The quantitative estimate of drug-likeness (QED) is 0.754. The number of carbonyl (C=O) groups is 1. The summed E-state index contributed by atoms with van der Waals surface area (Å²) in [7, 11) is 0. The van der Waals surface area contributed by atoms with Gasteiger partial charge in [0.1, 0.15) is 0 Å². The van der Waals surface area contributed by atoms with Gasteiger partial charge in [-0.2, -0.15) is 0 Å². The molecule has 0 spiro atoms. The van der Waals surface area contributed by atoms with Crippen LogP contribution in [-0.2, 0) is 17.1 Å². The molecule has 0 aliphatic carbocycles. The number of likely N-dealkylation sites (tertiary alicyclic amines) is 1. The van der Waals surface area contributed by atoms with Crippen molar-refractivity contribution < 1.29 is 4.79 Å². The summed E-state index contributed by atoms with van der Waals surface area (Å²) in [5, 5.41) is 6.11. The number of benzene rings is 1. The normalized spacial score (nSPS) is 18.0. The average molecular weight is 390 g/mol. The lowest BCUT2D eigenvalue weighted by Gasteiger charge is -2.30. The maximum absolute atomic E-state index is 12.1. The van der Waals surface area contributed by atoms with Crippen molar-refractivity contribution in [2.75, 3.05) is 24.2 Å². The molecule has 1 saturated heterocycles. The van der Waals surface area contributed by atoms with Crippen molar-refractivity contribution in [2.24, 2.45) is 5.92 Å². The molecule has 140 valence electrons. The van der Waals surface area contributed by atoms with E-state index in [0.717, 1.165) is 34.6 Å². The molecular weight excluding hydrogens is 362 g/mol. The summed E-state index contributed by atoms with van der Waals surface area (Å²) in [5.41, 5.74) is 3.24. The number of thiazole rings is 1. The fourth-order valence-corrected chi connectivity index (χ4v) is 4.74. The van der Waals surface area contributed by atoms with Crippen molar-refractivity contribution in [3.63, 3.8) is 0 Å². The summed E-state index contributed by atoms with van der Waals surface area (Å²) in [6.45, 7) is 7.72. The summed E-state index contributed by atoms with van der Waals surface area (Å²) in [5.74, 6) is 2.07. The molecule has 1 aromatic carbocycles. The first-order valence-corrected chi connectivity index (χ1v) is 11.2. The zero-order chi connectivity index (χ0) is 18.4. The number of nitrogens with zero attached hydrogens (tertiary/aromatic N) is 2. The van der Waals surface area contributed by atoms with Crippen LogP contribution in [0.4, 0.5) is 5.69 Å². The Morgan fingerprint density at radius 1 is 1.38 bits per heavy atom. The lowest BCUT2D eigenvalue weighted by Crippen LogP contribution is -2.33. The molecule has 0 unspecified atom stereocenters. The van der Waals surface area contributed by atoms with Crippen LogP contribution in [0.5, 0.6) is 0 Å². The summed E-state index contributed by atoms with van der Waals surface area (Å²) in [6, 6.07) is 8.27. The molecule has 2 heterocycles. The van der Waals surface area contributed by atoms with Gasteiger partial charge in [-0.3, -0.25) is 9.69 Å². The molecule has 6 heteroatoms. The van der Waals surface area contributed by atoms with Crippen LogP contribution in [-0.4, -0.2) is 34.6 Å². The van der Waals surface area contributed by atoms with Gasteiger partial charge in [0, 0.05) is 29.9 Å². The van der Waals surface area contributed by atoms with Crippen LogP contribution in [0.3, 0.4) is 0 Å². The van der Waals surface area contributed by atoms with Crippen LogP contribution < -0.4 is 5.32 Å². The topological polar surface area (TPSA) is 45.2 Å². The molecule has 3 rings (SSSR count). The highest BCUT2D eigenvalue weighted by Crippen LogP contribution is 2.19. The Labute approximate surface area is 164 Å². The number of aryl methyl sites for hydroxylation is 1. The number of carbonyl (C=O) groups excluding carboxylic acids is 1. The number of thioether (sulfide) groups is 1. The molecule has 1 amide bonds. The van der Waals surface area contributed by atoms with Gasteiger partial charge in [0.25, 0.3) is 0 Å². The van der Waals surface area contributed by atoms with E-state index in [1.54, 1.807) is 23.1 Å². The second-order valence-electron chi connectivity index (χ2n) is 7.08. The van der Waals surface area contributed by atoms with Crippen LogP contribution in [0.25, 0.3) is 0 Å². The third-order valence-electron chi connectivity index (χ3n) is 4.53. The number of aromatic nitrogens is 1. The molecule has 4 nitrogen and oxygen atoms in total. The number of nitrogens with one attached hydrogen (secondary N) is 1. The third-order valence-corrected chi connectivity index (χ3v) is 6.32. The summed E-state index contributed by atoms with van der Waals surface area (Å²) >= 11 is 3.25. The third kappa shape index (κ3) is 6.11. The maximum Gasteiger partial charge on any atom is 0.234 e. The Bertz CT molecular complexity index is 714. The molecule has 1 atom stereocenters. The molecule has 1 fully saturated rings. The minimum Gasteiger partial charge on any atom is -0.325 e. The minimum atomic E-state index is 0.0413. The van der Waals surface area contributed by atoms with Gasteiger partial charge in [0.2, 0.25) is 5.91 Å². The second-order valence-corrected chi connectivity index (χ2v) is 9.13. The number of hydrogen-bond acceptors (Lipinski definition) is 5. The van der Waals surface area contributed by atoms with E-state index in [4.69, 9.17) is 0 Å². The predicted octanol–water partition coefficient (Wildman–Crippen LogP) is 4.56. The van der Waals surface area contributed by atoms with E-state index in [-0.39, 0.29) is 5.91 Å². The second kappa shape index (κ2) is 9.53. The van der Waals surface area contributed by atoms with Gasteiger partial charge in [-0.15, -0.1) is 23.1 Å². The van der Waals surface area contributed by atoms with Crippen molar-refractivity contribution in [3.05, 3.63) is 45.9 Å². The largest absolute Gasteiger partial charge is 0.325 e. The van der Waals surface area contributed by atoms with Gasteiger partial charge < -0.3 is 5.32 Å². The molecule has 1 N–H and O–H groups in total. The first-order valence-electron chi connectivity index (χ1n) is 9.18. The zero-order valence-electron chi connectivity index (χ0n) is 15.5. The molecule has 0 bridgehead atoms. The van der Waals surface area contributed by atoms with Crippen molar-refractivity contribution >= 4 is 34.7 Å². The molecule has 0 radical (unpaired) electrons. The Balaban J connectivity index is 1.41.